The van der Waals surface area contributed by atoms with Crippen molar-refractivity contribution in [3.05, 3.63) is 24.3 Å². The van der Waals surface area contributed by atoms with Gasteiger partial charge in [0, 0.05) is 13.2 Å². The summed E-state index contributed by atoms with van der Waals surface area (Å²) in [6, 6.07) is 5.33. The molecule has 124 valence electrons. The predicted molar refractivity (Wildman–Crippen MR) is 75.9 cm³/mol. The molecule has 0 radical (unpaired) electrons. The molecule has 1 aromatic rings. The van der Waals surface area contributed by atoms with Gasteiger partial charge < -0.3 is 20.5 Å². The number of aliphatic hydroxyl groups is 1. The molecule has 0 fully saturated rings. The van der Waals surface area contributed by atoms with E-state index >= 15 is 0 Å². The minimum absolute atomic E-state index is 0.0264. The lowest BCUT2D eigenvalue weighted by Crippen LogP contribution is -2.32. The van der Waals surface area contributed by atoms with Crippen LogP contribution in [0.1, 0.15) is 13.3 Å². The van der Waals surface area contributed by atoms with Gasteiger partial charge in [-0.05, 0) is 24.5 Å². The first-order valence-corrected chi connectivity index (χ1v) is 6.76. The Balaban J connectivity index is 2.56. The van der Waals surface area contributed by atoms with Gasteiger partial charge in [0.1, 0.15) is 5.75 Å². The maximum atomic E-state index is 12.2. The number of benzene rings is 1. The summed E-state index contributed by atoms with van der Waals surface area (Å²) in [5, 5.41) is 13.8. The van der Waals surface area contributed by atoms with E-state index in [4.69, 9.17) is 5.11 Å². The molecule has 3 N–H and O–H groups in total. The number of hydrogen-bond acceptors (Lipinski definition) is 3. The van der Waals surface area contributed by atoms with Crippen LogP contribution in [-0.4, -0.2) is 37.1 Å². The van der Waals surface area contributed by atoms with Crippen molar-refractivity contribution in [2.75, 3.05) is 25.1 Å². The third-order valence-corrected chi connectivity index (χ3v) is 2.76. The predicted octanol–water partition coefficient (Wildman–Crippen LogP) is 2.77. The minimum Gasteiger partial charge on any atom is -0.482 e. The van der Waals surface area contributed by atoms with Crippen LogP contribution in [-0.2, 0) is 0 Å². The third-order valence-electron chi connectivity index (χ3n) is 2.76. The molecule has 1 unspecified atom stereocenters. The molecule has 1 atom stereocenters. The Morgan fingerprint density at radius 1 is 1.36 bits per heavy atom. The van der Waals surface area contributed by atoms with E-state index in [9.17, 15) is 18.0 Å². The summed E-state index contributed by atoms with van der Waals surface area (Å²) in [6.45, 7) is 0.800. The van der Waals surface area contributed by atoms with E-state index in [1.54, 1.807) is 6.07 Å². The zero-order valence-electron chi connectivity index (χ0n) is 12.1. The fourth-order valence-electron chi connectivity index (χ4n) is 1.61. The maximum absolute atomic E-state index is 12.2. The molecule has 0 aliphatic rings. The molecule has 1 rings (SSSR count). The van der Waals surface area contributed by atoms with Gasteiger partial charge in [0.25, 0.3) is 0 Å². The van der Waals surface area contributed by atoms with Crippen LogP contribution in [0.15, 0.2) is 24.3 Å². The number of amides is 2. The average Bonchev–Trinajstić information content (AvgIpc) is 2.44. The van der Waals surface area contributed by atoms with Crippen molar-refractivity contribution in [1.29, 1.82) is 0 Å². The number of ether oxygens (including phenoxy) is 1. The van der Waals surface area contributed by atoms with E-state index in [0.29, 0.717) is 13.0 Å². The Kier molecular flexibility index (Phi) is 6.97. The molecule has 5 nitrogen and oxygen atoms in total. The van der Waals surface area contributed by atoms with Crippen molar-refractivity contribution >= 4 is 11.7 Å². The Labute approximate surface area is 126 Å². The maximum Gasteiger partial charge on any atom is 0.422 e. The molecular formula is C14H19F3N2O3. The smallest absolute Gasteiger partial charge is 0.422 e. The van der Waals surface area contributed by atoms with Crippen LogP contribution in [0.2, 0.25) is 0 Å². The molecule has 0 aliphatic heterocycles. The standard InChI is InChI=1S/C14H19F3N2O3/c1-10(6-7-20)8-18-13(21)19-11-4-2-3-5-12(11)22-9-14(15,16)17/h2-5,10,20H,6-9H2,1H3,(H2,18,19,21). The van der Waals surface area contributed by atoms with Gasteiger partial charge in [0.2, 0.25) is 0 Å². The molecule has 0 heterocycles. The van der Waals surface area contributed by atoms with E-state index in [-0.39, 0.29) is 24.0 Å². The van der Waals surface area contributed by atoms with Crippen molar-refractivity contribution in [2.45, 2.75) is 19.5 Å². The van der Waals surface area contributed by atoms with Gasteiger partial charge in [-0.3, -0.25) is 0 Å². The van der Waals surface area contributed by atoms with Crippen LogP contribution in [0.3, 0.4) is 0 Å². The molecule has 0 saturated heterocycles. The van der Waals surface area contributed by atoms with Crippen LogP contribution >= 0.6 is 0 Å². The lowest BCUT2D eigenvalue weighted by molar-refractivity contribution is -0.153. The number of nitrogens with one attached hydrogen (secondary N) is 2. The van der Waals surface area contributed by atoms with E-state index in [2.05, 4.69) is 15.4 Å². The highest BCUT2D eigenvalue weighted by molar-refractivity contribution is 5.90. The Hall–Kier alpha value is -1.96. The number of hydrogen-bond donors (Lipinski definition) is 3. The van der Waals surface area contributed by atoms with Gasteiger partial charge in [-0.2, -0.15) is 13.2 Å². The lowest BCUT2D eigenvalue weighted by Gasteiger charge is -2.15. The number of carbonyl (C=O) groups is 1. The zero-order valence-corrected chi connectivity index (χ0v) is 12.1. The first kappa shape index (κ1) is 18.1. The Morgan fingerprint density at radius 2 is 2.05 bits per heavy atom. The summed E-state index contributed by atoms with van der Waals surface area (Å²) in [6.07, 6.45) is -3.90. The van der Waals surface area contributed by atoms with Gasteiger partial charge in [-0.15, -0.1) is 0 Å². The van der Waals surface area contributed by atoms with Gasteiger partial charge in [-0.1, -0.05) is 19.1 Å². The molecule has 0 saturated carbocycles. The van der Waals surface area contributed by atoms with Gasteiger partial charge >= 0.3 is 12.2 Å². The summed E-state index contributed by atoms with van der Waals surface area (Å²) in [5.41, 5.74) is 0.152. The van der Waals surface area contributed by atoms with Crippen LogP contribution in [0.25, 0.3) is 0 Å². The lowest BCUT2D eigenvalue weighted by atomic mass is 10.1. The van der Waals surface area contributed by atoms with Crippen molar-refractivity contribution in [3.63, 3.8) is 0 Å². The molecular weight excluding hydrogens is 301 g/mol. The Bertz CT molecular complexity index is 481. The molecule has 0 aromatic heterocycles. The van der Waals surface area contributed by atoms with Crippen LogP contribution < -0.4 is 15.4 Å². The molecule has 2 amide bonds. The molecule has 0 bridgehead atoms. The van der Waals surface area contributed by atoms with Gasteiger partial charge in [-0.25, -0.2) is 4.79 Å². The number of alkyl halides is 3. The second kappa shape index (κ2) is 8.47. The zero-order chi connectivity index (χ0) is 16.6. The third kappa shape index (κ3) is 7.16. The topological polar surface area (TPSA) is 70.6 Å². The van der Waals surface area contributed by atoms with E-state index in [1.165, 1.54) is 18.2 Å². The fourth-order valence-corrected chi connectivity index (χ4v) is 1.61. The van der Waals surface area contributed by atoms with Gasteiger partial charge in [0.05, 0.1) is 5.69 Å². The number of halogens is 3. The minimum atomic E-state index is -4.45. The normalized spacial score (nSPS) is 12.6. The highest BCUT2D eigenvalue weighted by Crippen LogP contribution is 2.26. The van der Waals surface area contributed by atoms with Crippen LogP contribution in [0.4, 0.5) is 23.7 Å². The van der Waals surface area contributed by atoms with E-state index < -0.39 is 18.8 Å². The van der Waals surface area contributed by atoms with Gasteiger partial charge in [0.15, 0.2) is 6.61 Å². The summed E-state index contributed by atoms with van der Waals surface area (Å²) in [4.78, 5) is 11.7. The molecule has 22 heavy (non-hydrogen) atoms. The monoisotopic (exact) mass is 320 g/mol. The molecule has 8 heteroatoms. The SMILES string of the molecule is CC(CCO)CNC(=O)Nc1ccccc1OCC(F)(F)F. The molecule has 1 aromatic carbocycles. The average molecular weight is 320 g/mol. The Morgan fingerprint density at radius 3 is 2.68 bits per heavy atom. The summed E-state index contributed by atoms with van der Waals surface area (Å²) in [5.74, 6) is 0.0332. The summed E-state index contributed by atoms with van der Waals surface area (Å²) in [7, 11) is 0. The summed E-state index contributed by atoms with van der Waals surface area (Å²) < 4.78 is 41.2. The quantitative estimate of drug-likeness (QED) is 0.723. The number of urea groups is 1. The van der Waals surface area contributed by atoms with Crippen LogP contribution in [0.5, 0.6) is 5.75 Å². The van der Waals surface area contributed by atoms with E-state index in [0.717, 1.165) is 0 Å². The van der Waals surface area contributed by atoms with Crippen LogP contribution in [0, 0.1) is 5.92 Å². The van der Waals surface area contributed by atoms with E-state index in [1.807, 2.05) is 6.92 Å². The summed E-state index contributed by atoms with van der Waals surface area (Å²) >= 11 is 0. The highest BCUT2D eigenvalue weighted by Gasteiger charge is 2.28. The highest BCUT2D eigenvalue weighted by atomic mass is 19.4. The molecule has 0 spiro atoms. The number of aliphatic hydroxyl groups excluding tert-OH is 1. The van der Waals surface area contributed by atoms with Crippen molar-refractivity contribution in [3.8, 4) is 5.75 Å². The number of para-hydroxylation sites is 2. The molecule has 0 aliphatic carbocycles. The fraction of sp³-hybridized carbons (Fsp3) is 0.500. The second-order valence-corrected chi connectivity index (χ2v) is 4.85. The number of anilines is 1. The second-order valence-electron chi connectivity index (χ2n) is 4.85. The van der Waals surface area contributed by atoms with Crippen molar-refractivity contribution < 1.29 is 27.8 Å². The largest absolute Gasteiger partial charge is 0.482 e. The number of rotatable bonds is 7. The van der Waals surface area contributed by atoms with Crippen molar-refractivity contribution in [1.82, 2.24) is 5.32 Å². The number of carbonyl (C=O) groups excluding carboxylic acids is 1. The first-order chi connectivity index (χ1) is 10.3. The van der Waals surface area contributed by atoms with Crippen molar-refractivity contribution in [2.24, 2.45) is 5.92 Å². The first-order valence-electron chi connectivity index (χ1n) is 6.76.